The summed E-state index contributed by atoms with van der Waals surface area (Å²) in [6.45, 7) is 0.338. The van der Waals surface area contributed by atoms with E-state index in [4.69, 9.17) is 4.74 Å². The molecule has 1 aromatic heterocycles. The van der Waals surface area contributed by atoms with Crippen LogP contribution in [0.2, 0.25) is 0 Å². The van der Waals surface area contributed by atoms with Crippen LogP contribution in [0.1, 0.15) is 11.1 Å². The monoisotopic (exact) mass is 404 g/mol. The number of hydrazone groups is 1. The van der Waals surface area contributed by atoms with Crippen molar-refractivity contribution < 1.29 is 9.66 Å². The molecule has 0 spiro atoms. The molecule has 0 fully saturated rings. The van der Waals surface area contributed by atoms with Crippen molar-refractivity contribution in [1.29, 1.82) is 0 Å². The molecule has 0 aliphatic carbocycles. The molecule has 1 heterocycles. The van der Waals surface area contributed by atoms with Gasteiger partial charge in [0.05, 0.1) is 21.4 Å². The first-order valence-corrected chi connectivity index (χ1v) is 9.60. The minimum atomic E-state index is -0.420. The number of nitrogens with one attached hydrogen (secondary N) is 1. The summed E-state index contributed by atoms with van der Waals surface area (Å²) >= 11 is 1.55. The van der Waals surface area contributed by atoms with Crippen LogP contribution in [0.4, 0.5) is 10.8 Å². The Balaban J connectivity index is 1.31. The van der Waals surface area contributed by atoms with Gasteiger partial charge in [-0.1, -0.05) is 23.5 Å². The third kappa shape index (κ3) is 4.74. The van der Waals surface area contributed by atoms with Gasteiger partial charge in [-0.2, -0.15) is 5.10 Å². The summed E-state index contributed by atoms with van der Waals surface area (Å²) in [5, 5.41) is 15.6. The van der Waals surface area contributed by atoms with E-state index < -0.39 is 4.92 Å². The number of nitro benzene ring substituents is 1. The molecule has 1 N–H and O–H groups in total. The molecular weight excluding hydrogens is 388 g/mol. The molecule has 0 atom stereocenters. The Kier molecular flexibility index (Phi) is 5.44. The minimum absolute atomic E-state index is 0.0665. The van der Waals surface area contributed by atoms with Crippen molar-refractivity contribution in [2.75, 3.05) is 5.43 Å². The molecule has 0 amide bonds. The molecule has 8 heteroatoms. The number of hydrogen-bond acceptors (Lipinski definition) is 7. The third-order valence-electron chi connectivity index (χ3n) is 4.10. The van der Waals surface area contributed by atoms with Gasteiger partial charge in [-0.05, 0) is 59.7 Å². The largest absolute Gasteiger partial charge is 0.489 e. The van der Waals surface area contributed by atoms with Crippen LogP contribution < -0.4 is 10.2 Å². The maximum absolute atomic E-state index is 10.7. The number of hydrogen-bond donors (Lipinski definition) is 1. The molecule has 144 valence electrons. The summed E-state index contributed by atoms with van der Waals surface area (Å²) in [6.07, 6.45) is 1.71. The highest BCUT2D eigenvalue weighted by Crippen LogP contribution is 2.25. The topological polar surface area (TPSA) is 89.7 Å². The molecular formula is C21H16N4O3S. The van der Waals surface area contributed by atoms with Gasteiger partial charge < -0.3 is 4.74 Å². The number of fused-ring (bicyclic) bond motifs is 1. The maximum Gasteiger partial charge on any atom is 0.269 e. The molecule has 0 radical (unpaired) electrons. The average Bonchev–Trinajstić information content (AvgIpc) is 3.16. The van der Waals surface area contributed by atoms with E-state index >= 15 is 0 Å². The highest BCUT2D eigenvalue weighted by Gasteiger charge is 2.04. The van der Waals surface area contributed by atoms with Crippen molar-refractivity contribution in [1.82, 2.24) is 4.98 Å². The fourth-order valence-corrected chi connectivity index (χ4v) is 3.43. The second kappa shape index (κ2) is 8.49. The summed E-state index contributed by atoms with van der Waals surface area (Å²) in [6, 6.07) is 21.7. The van der Waals surface area contributed by atoms with E-state index in [9.17, 15) is 10.1 Å². The highest BCUT2D eigenvalue weighted by atomic mass is 32.1. The third-order valence-corrected chi connectivity index (χ3v) is 5.04. The van der Waals surface area contributed by atoms with E-state index in [0.717, 1.165) is 26.5 Å². The average molecular weight is 404 g/mol. The van der Waals surface area contributed by atoms with Gasteiger partial charge in [0.2, 0.25) is 5.13 Å². The van der Waals surface area contributed by atoms with Gasteiger partial charge in [-0.25, -0.2) is 4.98 Å². The minimum Gasteiger partial charge on any atom is -0.489 e. The number of non-ortho nitro benzene ring substituents is 1. The first kappa shape index (κ1) is 18.6. The Hall–Kier alpha value is -3.78. The molecule has 0 aliphatic rings. The SMILES string of the molecule is O=[N+]([O-])c1ccc(COc2ccc(C=NNc3nc4ccccc4s3)cc2)cc1. The second-order valence-corrected chi connectivity index (χ2v) is 7.17. The Morgan fingerprint density at radius 1 is 1.07 bits per heavy atom. The number of nitrogens with zero attached hydrogens (tertiary/aromatic N) is 3. The molecule has 0 aliphatic heterocycles. The number of thiazole rings is 1. The van der Waals surface area contributed by atoms with E-state index in [-0.39, 0.29) is 5.69 Å². The van der Waals surface area contributed by atoms with Crippen LogP contribution in [0.5, 0.6) is 5.75 Å². The van der Waals surface area contributed by atoms with E-state index in [1.807, 2.05) is 48.5 Å². The molecule has 0 saturated carbocycles. The molecule has 4 rings (SSSR count). The van der Waals surface area contributed by atoms with Crippen LogP contribution in [0.15, 0.2) is 77.9 Å². The van der Waals surface area contributed by atoms with Crippen LogP contribution in [0.3, 0.4) is 0 Å². The van der Waals surface area contributed by atoms with Crippen molar-refractivity contribution in [2.45, 2.75) is 6.61 Å². The van der Waals surface area contributed by atoms with Gasteiger partial charge >= 0.3 is 0 Å². The zero-order chi connectivity index (χ0) is 20.1. The van der Waals surface area contributed by atoms with Crippen LogP contribution in [0.25, 0.3) is 10.2 Å². The number of ether oxygens (including phenoxy) is 1. The normalized spacial score (nSPS) is 11.0. The zero-order valence-corrected chi connectivity index (χ0v) is 16.0. The maximum atomic E-state index is 10.7. The molecule has 29 heavy (non-hydrogen) atoms. The van der Waals surface area contributed by atoms with Crippen molar-refractivity contribution in [3.8, 4) is 5.75 Å². The summed E-state index contributed by atoms with van der Waals surface area (Å²) in [4.78, 5) is 14.7. The molecule has 3 aromatic carbocycles. The zero-order valence-electron chi connectivity index (χ0n) is 15.2. The van der Waals surface area contributed by atoms with Crippen molar-refractivity contribution in [3.05, 3.63) is 94.0 Å². The number of para-hydroxylation sites is 1. The Morgan fingerprint density at radius 3 is 2.55 bits per heavy atom. The first-order chi connectivity index (χ1) is 14.2. The molecule has 0 bridgehead atoms. The predicted molar refractivity (Wildman–Crippen MR) is 115 cm³/mol. The lowest BCUT2D eigenvalue weighted by molar-refractivity contribution is -0.384. The quantitative estimate of drug-likeness (QED) is 0.259. The lowest BCUT2D eigenvalue weighted by Crippen LogP contribution is -1.96. The van der Waals surface area contributed by atoms with E-state index in [1.165, 1.54) is 12.1 Å². The molecule has 4 aromatic rings. The van der Waals surface area contributed by atoms with Gasteiger partial charge in [0, 0.05) is 12.1 Å². The van der Waals surface area contributed by atoms with E-state index in [0.29, 0.717) is 12.4 Å². The van der Waals surface area contributed by atoms with Gasteiger partial charge in [0.15, 0.2) is 0 Å². The van der Waals surface area contributed by atoms with Crippen LogP contribution in [-0.4, -0.2) is 16.1 Å². The number of nitro groups is 1. The molecule has 7 nitrogen and oxygen atoms in total. The van der Waals surface area contributed by atoms with E-state index in [2.05, 4.69) is 15.5 Å². The lowest BCUT2D eigenvalue weighted by atomic mass is 10.2. The van der Waals surface area contributed by atoms with E-state index in [1.54, 1.807) is 29.7 Å². The molecule has 0 unspecified atom stereocenters. The Bertz CT molecular complexity index is 1120. The number of aromatic nitrogens is 1. The second-order valence-electron chi connectivity index (χ2n) is 6.14. The fourth-order valence-electron chi connectivity index (χ4n) is 2.61. The molecule has 0 saturated heterocycles. The highest BCUT2D eigenvalue weighted by molar-refractivity contribution is 7.22. The number of anilines is 1. The van der Waals surface area contributed by atoms with Crippen molar-refractivity contribution in [2.24, 2.45) is 5.10 Å². The van der Waals surface area contributed by atoms with Crippen molar-refractivity contribution >= 4 is 38.6 Å². The van der Waals surface area contributed by atoms with Gasteiger partial charge in [0.25, 0.3) is 5.69 Å². The van der Waals surface area contributed by atoms with Crippen LogP contribution in [-0.2, 0) is 6.61 Å². The number of benzene rings is 3. The van der Waals surface area contributed by atoms with Crippen LogP contribution in [0, 0.1) is 10.1 Å². The predicted octanol–water partition coefficient (Wildman–Crippen LogP) is 5.23. The summed E-state index contributed by atoms with van der Waals surface area (Å²) < 4.78 is 6.83. The van der Waals surface area contributed by atoms with Gasteiger partial charge in [-0.15, -0.1) is 0 Å². The summed E-state index contributed by atoms with van der Waals surface area (Å²) in [7, 11) is 0. The van der Waals surface area contributed by atoms with Gasteiger partial charge in [0.1, 0.15) is 12.4 Å². The smallest absolute Gasteiger partial charge is 0.269 e. The summed E-state index contributed by atoms with van der Waals surface area (Å²) in [5.74, 6) is 0.708. The van der Waals surface area contributed by atoms with Gasteiger partial charge in [-0.3, -0.25) is 15.5 Å². The first-order valence-electron chi connectivity index (χ1n) is 8.78. The van der Waals surface area contributed by atoms with Crippen molar-refractivity contribution in [3.63, 3.8) is 0 Å². The van der Waals surface area contributed by atoms with Crippen LogP contribution >= 0.6 is 11.3 Å². The number of rotatable bonds is 7. The Morgan fingerprint density at radius 2 is 1.83 bits per heavy atom. The standard InChI is InChI=1S/C21H16N4O3S/c26-25(27)17-9-5-16(6-10-17)14-28-18-11-7-15(8-12-18)13-22-24-21-23-19-3-1-2-4-20(19)29-21/h1-13H,14H2,(H,23,24). The lowest BCUT2D eigenvalue weighted by Gasteiger charge is -2.06. The summed E-state index contributed by atoms with van der Waals surface area (Å²) in [5.41, 5.74) is 5.75. The fraction of sp³-hybridized carbons (Fsp3) is 0.0476. The Labute approximate surface area is 170 Å².